The molecule has 0 spiro atoms. The van der Waals surface area contributed by atoms with Crippen LogP contribution in [0.4, 0.5) is 5.95 Å². The van der Waals surface area contributed by atoms with Gasteiger partial charge >= 0.3 is 0 Å². The summed E-state index contributed by atoms with van der Waals surface area (Å²) in [6, 6.07) is 6.42. The van der Waals surface area contributed by atoms with Gasteiger partial charge in [-0.25, -0.2) is 9.97 Å². The first kappa shape index (κ1) is 13.0. The smallest absolute Gasteiger partial charge is 0.222 e. The quantitative estimate of drug-likeness (QED) is 0.918. The summed E-state index contributed by atoms with van der Waals surface area (Å²) in [7, 11) is 0. The Bertz CT molecular complexity index is 557. The number of hydrogen-bond acceptors (Lipinski definition) is 5. The Morgan fingerprint density at radius 2 is 2.00 bits per heavy atom. The fraction of sp³-hybridized carbons (Fsp3) is 0.400. The van der Waals surface area contributed by atoms with Gasteiger partial charge in [0.05, 0.1) is 0 Å². The molecule has 0 amide bonds. The summed E-state index contributed by atoms with van der Waals surface area (Å²) in [5.41, 5.74) is 2.43. The molecule has 2 aromatic heterocycles. The molecule has 2 aromatic rings. The molecule has 1 aliphatic rings. The van der Waals surface area contributed by atoms with Gasteiger partial charge in [0.1, 0.15) is 0 Å². The molecule has 1 saturated heterocycles. The van der Waals surface area contributed by atoms with Gasteiger partial charge in [-0.15, -0.1) is 0 Å². The lowest BCUT2D eigenvalue weighted by atomic mass is 10.2. The Balaban J connectivity index is 1.56. The molecule has 5 nitrogen and oxygen atoms in total. The maximum absolute atomic E-state index is 4.35. The minimum Gasteiger partial charge on any atom is -0.350 e. The largest absolute Gasteiger partial charge is 0.350 e. The number of nitrogens with zero attached hydrogens (tertiary/aromatic N) is 4. The number of aryl methyl sites for hydroxylation is 1. The van der Waals surface area contributed by atoms with Gasteiger partial charge in [-0.05, 0) is 31.0 Å². The summed E-state index contributed by atoms with van der Waals surface area (Å²) >= 11 is 0. The van der Waals surface area contributed by atoms with E-state index in [4.69, 9.17) is 0 Å². The zero-order chi connectivity index (χ0) is 13.8. The SMILES string of the molecule is Cc1ncccc1CN1CCC(Nc2ncccn2)C1. The molecule has 104 valence electrons. The Morgan fingerprint density at radius 1 is 1.20 bits per heavy atom. The molecular formula is C15H19N5. The normalized spacial score (nSPS) is 19.1. The monoisotopic (exact) mass is 269 g/mol. The van der Waals surface area contributed by atoms with Crippen molar-refractivity contribution in [3.05, 3.63) is 48.0 Å². The van der Waals surface area contributed by atoms with Crippen LogP contribution in [0.25, 0.3) is 0 Å². The first-order chi connectivity index (χ1) is 9.81. The number of rotatable bonds is 4. The van der Waals surface area contributed by atoms with Crippen LogP contribution in [0.1, 0.15) is 17.7 Å². The Hall–Kier alpha value is -2.01. The Labute approximate surface area is 119 Å². The Kier molecular flexibility index (Phi) is 3.87. The van der Waals surface area contributed by atoms with Crippen molar-refractivity contribution in [2.45, 2.75) is 25.9 Å². The van der Waals surface area contributed by atoms with E-state index in [1.165, 1.54) is 5.56 Å². The fourth-order valence-electron chi connectivity index (χ4n) is 2.58. The van der Waals surface area contributed by atoms with Crippen molar-refractivity contribution in [3.8, 4) is 0 Å². The van der Waals surface area contributed by atoms with E-state index in [-0.39, 0.29) is 0 Å². The average molecular weight is 269 g/mol. The summed E-state index contributed by atoms with van der Waals surface area (Å²) < 4.78 is 0. The van der Waals surface area contributed by atoms with Crippen LogP contribution in [0.2, 0.25) is 0 Å². The summed E-state index contributed by atoms with van der Waals surface area (Å²) in [4.78, 5) is 15.2. The second kappa shape index (κ2) is 5.96. The molecule has 1 N–H and O–H groups in total. The standard InChI is InChI=1S/C15H19N5/c1-12-13(4-2-6-16-12)10-20-9-5-14(11-20)19-15-17-7-3-8-18-15/h2-4,6-8,14H,5,9-11H2,1H3,(H,17,18,19). The van der Waals surface area contributed by atoms with Gasteiger partial charge in [-0.1, -0.05) is 6.07 Å². The van der Waals surface area contributed by atoms with Gasteiger partial charge in [0.2, 0.25) is 5.95 Å². The molecule has 0 bridgehead atoms. The van der Waals surface area contributed by atoms with Crippen molar-refractivity contribution in [1.82, 2.24) is 19.9 Å². The molecular weight excluding hydrogens is 250 g/mol. The van der Waals surface area contributed by atoms with E-state index in [1.54, 1.807) is 12.4 Å². The maximum atomic E-state index is 4.35. The van der Waals surface area contributed by atoms with Crippen molar-refractivity contribution < 1.29 is 0 Å². The van der Waals surface area contributed by atoms with Gasteiger partial charge < -0.3 is 5.32 Å². The second-order valence-electron chi connectivity index (χ2n) is 5.19. The first-order valence-electron chi connectivity index (χ1n) is 6.97. The molecule has 0 aliphatic carbocycles. The van der Waals surface area contributed by atoms with Crippen LogP contribution in [0.15, 0.2) is 36.8 Å². The first-order valence-corrected chi connectivity index (χ1v) is 6.97. The van der Waals surface area contributed by atoms with E-state index < -0.39 is 0 Å². The van der Waals surface area contributed by atoms with Crippen molar-refractivity contribution in [3.63, 3.8) is 0 Å². The van der Waals surface area contributed by atoms with Crippen molar-refractivity contribution in [2.75, 3.05) is 18.4 Å². The van der Waals surface area contributed by atoms with Crippen LogP contribution >= 0.6 is 0 Å². The topological polar surface area (TPSA) is 53.9 Å². The third kappa shape index (κ3) is 3.11. The van der Waals surface area contributed by atoms with E-state index in [0.717, 1.165) is 37.7 Å². The predicted molar refractivity (Wildman–Crippen MR) is 78.3 cm³/mol. The van der Waals surface area contributed by atoms with Crippen LogP contribution in [-0.2, 0) is 6.54 Å². The highest BCUT2D eigenvalue weighted by Crippen LogP contribution is 2.16. The highest BCUT2D eigenvalue weighted by atomic mass is 15.2. The molecule has 1 fully saturated rings. The molecule has 0 saturated carbocycles. The van der Waals surface area contributed by atoms with Crippen LogP contribution < -0.4 is 5.32 Å². The molecule has 1 aliphatic heterocycles. The van der Waals surface area contributed by atoms with Crippen LogP contribution in [-0.4, -0.2) is 39.0 Å². The number of anilines is 1. The van der Waals surface area contributed by atoms with E-state index >= 15 is 0 Å². The molecule has 3 rings (SSSR count). The molecule has 20 heavy (non-hydrogen) atoms. The lowest BCUT2D eigenvalue weighted by Crippen LogP contribution is -2.26. The number of hydrogen-bond donors (Lipinski definition) is 1. The molecule has 5 heteroatoms. The van der Waals surface area contributed by atoms with E-state index in [0.29, 0.717) is 6.04 Å². The number of pyridine rings is 1. The highest BCUT2D eigenvalue weighted by Gasteiger charge is 2.23. The second-order valence-corrected chi connectivity index (χ2v) is 5.19. The van der Waals surface area contributed by atoms with Gasteiger partial charge in [0, 0.05) is 50.0 Å². The number of likely N-dealkylation sites (tertiary alicyclic amines) is 1. The summed E-state index contributed by atoms with van der Waals surface area (Å²) in [5, 5.41) is 3.39. The van der Waals surface area contributed by atoms with Crippen LogP contribution in [0.5, 0.6) is 0 Å². The van der Waals surface area contributed by atoms with Crippen LogP contribution in [0.3, 0.4) is 0 Å². The Morgan fingerprint density at radius 3 is 2.80 bits per heavy atom. The van der Waals surface area contributed by atoms with E-state index in [2.05, 4.69) is 38.2 Å². The van der Waals surface area contributed by atoms with Crippen molar-refractivity contribution in [2.24, 2.45) is 0 Å². The van der Waals surface area contributed by atoms with E-state index in [1.807, 2.05) is 18.3 Å². The zero-order valence-electron chi connectivity index (χ0n) is 11.7. The highest BCUT2D eigenvalue weighted by molar-refractivity contribution is 5.25. The summed E-state index contributed by atoms with van der Waals surface area (Å²) in [5.74, 6) is 0.719. The number of aromatic nitrogens is 3. The van der Waals surface area contributed by atoms with Gasteiger partial charge in [-0.2, -0.15) is 0 Å². The number of nitrogens with one attached hydrogen (secondary N) is 1. The molecule has 1 atom stereocenters. The van der Waals surface area contributed by atoms with E-state index in [9.17, 15) is 0 Å². The van der Waals surface area contributed by atoms with Gasteiger partial charge in [0.15, 0.2) is 0 Å². The summed E-state index contributed by atoms with van der Waals surface area (Å²) in [6.07, 6.45) is 6.50. The molecule has 3 heterocycles. The molecule has 0 aromatic carbocycles. The van der Waals surface area contributed by atoms with Gasteiger partial charge in [-0.3, -0.25) is 9.88 Å². The fourth-order valence-corrected chi connectivity index (χ4v) is 2.58. The zero-order valence-corrected chi connectivity index (χ0v) is 11.7. The van der Waals surface area contributed by atoms with Gasteiger partial charge in [0.25, 0.3) is 0 Å². The third-order valence-electron chi connectivity index (χ3n) is 3.68. The minimum absolute atomic E-state index is 0.425. The maximum Gasteiger partial charge on any atom is 0.222 e. The average Bonchev–Trinajstić information content (AvgIpc) is 2.90. The predicted octanol–water partition coefficient (Wildman–Crippen LogP) is 1.87. The van der Waals surface area contributed by atoms with Crippen LogP contribution in [0, 0.1) is 6.92 Å². The lowest BCUT2D eigenvalue weighted by molar-refractivity contribution is 0.327. The van der Waals surface area contributed by atoms with Crippen molar-refractivity contribution >= 4 is 5.95 Å². The third-order valence-corrected chi connectivity index (χ3v) is 3.68. The van der Waals surface area contributed by atoms with Crippen molar-refractivity contribution in [1.29, 1.82) is 0 Å². The minimum atomic E-state index is 0.425. The lowest BCUT2D eigenvalue weighted by Gasteiger charge is -2.17. The molecule has 1 unspecified atom stereocenters. The molecule has 0 radical (unpaired) electrons. The summed E-state index contributed by atoms with van der Waals surface area (Å²) in [6.45, 7) is 5.15.